The zero-order chi connectivity index (χ0) is 21.0. The molecule has 3 heterocycles. The van der Waals surface area contributed by atoms with Crippen molar-refractivity contribution in [3.05, 3.63) is 23.3 Å². The SMILES string of the molecule is CC1C2B(O)Oc3c(ccc(OC4CN(C(=O)C[C@H]5CNCCO5)C4)c3C(=O)O)C12. The van der Waals surface area contributed by atoms with Gasteiger partial charge in [-0.05, 0) is 23.5 Å². The van der Waals surface area contributed by atoms with Crippen LogP contribution in [0.3, 0.4) is 0 Å². The summed E-state index contributed by atoms with van der Waals surface area (Å²) in [7, 11) is -1.00. The van der Waals surface area contributed by atoms with E-state index in [4.69, 9.17) is 14.1 Å². The first-order valence-electron chi connectivity index (χ1n) is 10.5. The number of aromatic carboxylic acids is 1. The minimum atomic E-state index is -1.16. The molecule has 0 aromatic heterocycles. The van der Waals surface area contributed by atoms with E-state index in [0.717, 1.165) is 12.1 Å². The van der Waals surface area contributed by atoms with Gasteiger partial charge in [0.15, 0.2) is 0 Å². The second-order valence-corrected chi connectivity index (χ2v) is 8.57. The van der Waals surface area contributed by atoms with E-state index in [1.165, 1.54) is 0 Å². The fourth-order valence-corrected chi connectivity index (χ4v) is 4.86. The van der Waals surface area contributed by atoms with Gasteiger partial charge in [0.1, 0.15) is 23.2 Å². The molecule has 1 saturated carbocycles. The van der Waals surface area contributed by atoms with Crippen molar-refractivity contribution in [2.45, 2.75) is 37.3 Å². The summed E-state index contributed by atoms with van der Waals surface area (Å²) in [4.78, 5) is 26.0. The van der Waals surface area contributed by atoms with Crippen LogP contribution >= 0.6 is 0 Å². The van der Waals surface area contributed by atoms with Crippen LogP contribution in [0.15, 0.2) is 12.1 Å². The maximum absolute atomic E-state index is 12.4. The lowest BCUT2D eigenvalue weighted by Gasteiger charge is -2.40. The molecule has 2 saturated heterocycles. The third kappa shape index (κ3) is 3.32. The Morgan fingerprint density at radius 2 is 2.17 bits per heavy atom. The van der Waals surface area contributed by atoms with Crippen LogP contribution in [0.4, 0.5) is 0 Å². The molecule has 5 rings (SSSR count). The average molecular weight is 416 g/mol. The number of amides is 1. The fourth-order valence-electron chi connectivity index (χ4n) is 4.86. The van der Waals surface area contributed by atoms with Gasteiger partial charge < -0.3 is 34.5 Å². The number of carboxylic acid groups (broad SMARTS) is 1. The number of carbonyl (C=O) groups excluding carboxylic acids is 1. The van der Waals surface area contributed by atoms with Crippen LogP contribution in [-0.2, 0) is 9.53 Å². The van der Waals surface area contributed by atoms with Gasteiger partial charge >= 0.3 is 13.1 Å². The van der Waals surface area contributed by atoms with E-state index in [-0.39, 0.29) is 52.8 Å². The second-order valence-electron chi connectivity index (χ2n) is 8.57. The molecule has 4 atom stereocenters. The van der Waals surface area contributed by atoms with Crippen molar-refractivity contribution in [1.29, 1.82) is 0 Å². The summed E-state index contributed by atoms with van der Waals surface area (Å²) in [6.07, 6.45) is -0.0647. The average Bonchev–Trinajstić information content (AvgIpc) is 3.36. The molecule has 0 spiro atoms. The van der Waals surface area contributed by atoms with Crippen molar-refractivity contribution >= 4 is 19.0 Å². The molecule has 10 heteroatoms. The van der Waals surface area contributed by atoms with Crippen LogP contribution in [0.2, 0.25) is 5.82 Å². The first kappa shape index (κ1) is 19.7. The summed E-state index contributed by atoms with van der Waals surface area (Å²) < 4.78 is 17.1. The highest BCUT2D eigenvalue weighted by molar-refractivity contribution is 6.48. The maximum Gasteiger partial charge on any atom is 0.526 e. The van der Waals surface area contributed by atoms with Crippen molar-refractivity contribution in [3.63, 3.8) is 0 Å². The van der Waals surface area contributed by atoms with Gasteiger partial charge in [0.25, 0.3) is 0 Å². The Hall–Kier alpha value is -2.30. The van der Waals surface area contributed by atoms with Crippen molar-refractivity contribution in [2.75, 3.05) is 32.8 Å². The topological polar surface area (TPSA) is 118 Å². The van der Waals surface area contributed by atoms with Crippen LogP contribution in [-0.4, -0.2) is 79.0 Å². The van der Waals surface area contributed by atoms with Crippen molar-refractivity contribution < 1.29 is 33.8 Å². The molecule has 1 aliphatic carbocycles. The van der Waals surface area contributed by atoms with E-state index >= 15 is 0 Å². The molecule has 0 radical (unpaired) electrons. The van der Waals surface area contributed by atoms with Gasteiger partial charge in [0.2, 0.25) is 5.91 Å². The minimum Gasteiger partial charge on any atom is -0.535 e. The van der Waals surface area contributed by atoms with Crippen LogP contribution in [0, 0.1) is 5.92 Å². The van der Waals surface area contributed by atoms with Gasteiger partial charge in [0.05, 0.1) is 32.2 Å². The Morgan fingerprint density at radius 3 is 2.87 bits per heavy atom. The van der Waals surface area contributed by atoms with E-state index < -0.39 is 13.1 Å². The summed E-state index contributed by atoms with van der Waals surface area (Å²) in [5.74, 6) is -0.360. The Labute approximate surface area is 174 Å². The Kier molecular flexibility index (Phi) is 4.87. The highest BCUT2D eigenvalue weighted by Gasteiger charge is 2.60. The van der Waals surface area contributed by atoms with E-state index in [1.54, 1.807) is 11.0 Å². The molecule has 3 aliphatic heterocycles. The number of hydrogen-bond acceptors (Lipinski definition) is 7. The van der Waals surface area contributed by atoms with Gasteiger partial charge in [-0.25, -0.2) is 4.79 Å². The van der Waals surface area contributed by atoms with E-state index in [0.29, 0.717) is 32.7 Å². The van der Waals surface area contributed by atoms with Gasteiger partial charge in [-0.15, -0.1) is 0 Å². The van der Waals surface area contributed by atoms with Crippen molar-refractivity contribution in [1.82, 2.24) is 10.2 Å². The summed E-state index contributed by atoms with van der Waals surface area (Å²) in [6, 6.07) is 3.50. The number of nitrogens with zero attached hydrogens (tertiary/aromatic N) is 1. The van der Waals surface area contributed by atoms with E-state index in [2.05, 4.69) is 5.32 Å². The summed E-state index contributed by atoms with van der Waals surface area (Å²) >= 11 is 0. The molecular formula is C20H25BN2O7. The normalized spacial score (nSPS) is 29.9. The molecule has 0 bridgehead atoms. The zero-order valence-corrected chi connectivity index (χ0v) is 16.7. The number of ether oxygens (including phenoxy) is 2. The zero-order valence-electron chi connectivity index (χ0n) is 16.7. The summed E-state index contributed by atoms with van der Waals surface area (Å²) in [5, 5.41) is 23.2. The molecule has 1 aromatic carbocycles. The van der Waals surface area contributed by atoms with E-state index in [1.807, 2.05) is 13.0 Å². The summed E-state index contributed by atoms with van der Waals surface area (Å²) in [5.41, 5.74) is 0.754. The highest BCUT2D eigenvalue weighted by Crippen LogP contribution is 2.65. The lowest BCUT2D eigenvalue weighted by atomic mass is 9.76. The first-order chi connectivity index (χ1) is 14.4. The molecule has 4 aliphatic rings. The lowest BCUT2D eigenvalue weighted by molar-refractivity contribution is -0.143. The number of likely N-dealkylation sites (tertiary alicyclic amines) is 1. The van der Waals surface area contributed by atoms with Crippen LogP contribution < -0.4 is 14.7 Å². The third-order valence-corrected chi connectivity index (χ3v) is 6.64. The second kappa shape index (κ2) is 7.44. The molecule has 1 aromatic rings. The highest BCUT2D eigenvalue weighted by atomic mass is 16.5. The number of rotatable bonds is 5. The molecule has 30 heavy (non-hydrogen) atoms. The molecule has 3 N–H and O–H groups in total. The van der Waals surface area contributed by atoms with Gasteiger partial charge in [0, 0.05) is 18.9 Å². The number of hydrogen-bond donors (Lipinski definition) is 3. The van der Waals surface area contributed by atoms with Crippen LogP contribution in [0.5, 0.6) is 11.5 Å². The number of carbonyl (C=O) groups is 2. The maximum atomic E-state index is 12.4. The number of carboxylic acids is 1. The summed E-state index contributed by atoms with van der Waals surface area (Å²) in [6.45, 7) is 4.91. The molecule has 3 unspecified atom stereocenters. The Morgan fingerprint density at radius 1 is 1.37 bits per heavy atom. The standard InChI is InChI=1S/C20H25BN2O7/c1-10-16-13-2-3-14(17(20(25)26)19(13)30-21(27)18(10)16)29-12-8-23(9-12)15(24)6-11-7-22-4-5-28-11/h2-3,10-12,16,18,22,27H,4-9H2,1H3,(H,25,26)/t10?,11-,16?,18?/m0/s1. The fraction of sp³-hybridized carbons (Fsp3) is 0.600. The predicted molar refractivity (Wildman–Crippen MR) is 106 cm³/mol. The monoisotopic (exact) mass is 416 g/mol. The molecule has 1 amide bonds. The number of benzene rings is 1. The Balaban J connectivity index is 1.25. The van der Waals surface area contributed by atoms with E-state index in [9.17, 15) is 19.7 Å². The molecule has 3 fully saturated rings. The molecule has 9 nitrogen and oxygen atoms in total. The third-order valence-electron chi connectivity index (χ3n) is 6.64. The predicted octanol–water partition coefficient (Wildman–Crippen LogP) is 0.329. The number of nitrogens with one attached hydrogen (secondary N) is 1. The van der Waals surface area contributed by atoms with Gasteiger partial charge in [-0.3, -0.25) is 4.79 Å². The molecular weight excluding hydrogens is 391 g/mol. The lowest BCUT2D eigenvalue weighted by Crippen LogP contribution is -2.57. The van der Waals surface area contributed by atoms with Gasteiger partial charge in [-0.2, -0.15) is 0 Å². The first-order valence-corrected chi connectivity index (χ1v) is 10.5. The largest absolute Gasteiger partial charge is 0.535 e. The molecule has 160 valence electrons. The number of fused-ring (bicyclic) bond motifs is 3. The Bertz CT molecular complexity index is 869. The van der Waals surface area contributed by atoms with Crippen LogP contribution in [0.25, 0.3) is 0 Å². The van der Waals surface area contributed by atoms with Crippen LogP contribution in [0.1, 0.15) is 35.2 Å². The van der Waals surface area contributed by atoms with Crippen molar-refractivity contribution in [2.24, 2.45) is 5.92 Å². The van der Waals surface area contributed by atoms with Crippen molar-refractivity contribution in [3.8, 4) is 11.5 Å². The smallest absolute Gasteiger partial charge is 0.526 e. The quantitative estimate of drug-likeness (QED) is 0.588. The minimum absolute atomic E-state index is 0.00710. The number of morpholine rings is 1. The van der Waals surface area contributed by atoms with Gasteiger partial charge in [-0.1, -0.05) is 13.0 Å².